The maximum Gasteiger partial charge on any atom is 0.340 e. The van der Waals surface area contributed by atoms with Crippen LogP contribution in [0.15, 0.2) is 42.9 Å². The number of aromatic nitrogens is 3. The van der Waals surface area contributed by atoms with Gasteiger partial charge in [0.1, 0.15) is 29.1 Å². The Hall–Kier alpha value is -3.52. The number of fused-ring (bicyclic) bond motifs is 1. The van der Waals surface area contributed by atoms with Gasteiger partial charge in [-0.15, -0.1) is 0 Å². The SMILES string of the molecule is COC(=O)c1cc(C)c(N2CCC(Oc3ccc4c(c3)COC4)CC2)nc1-c1cnccn1. The van der Waals surface area contributed by atoms with Crippen molar-refractivity contribution in [2.45, 2.75) is 39.1 Å². The van der Waals surface area contributed by atoms with E-state index in [0.717, 1.165) is 43.1 Å². The van der Waals surface area contributed by atoms with Crippen LogP contribution in [0.4, 0.5) is 5.82 Å². The fraction of sp³-hybridized carbons (Fsp3) is 0.360. The van der Waals surface area contributed by atoms with Crippen LogP contribution in [0.1, 0.15) is 39.9 Å². The number of rotatable bonds is 5. The highest BCUT2D eigenvalue weighted by molar-refractivity contribution is 5.96. The number of nitrogens with zero attached hydrogens (tertiary/aromatic N) is 4. The van der Waals surface area contributed by atoms with Crippen LogP contribution in [-0.4, -0.2) is 47.2 Å². The molecule has 2 aliphatic rings. The van der Waals surface area contributed by atoms with Crippen molar-refractivity contribution >= 4 is 11.8 Å². The minimum absolute atomic E-state index is 0.149. The van der Waals surface area contributed by atoms with Crippen molar-refractivity contribution in [2.75, 3.05) is 25.1 Å². The smallest absolute Gasteiger partial charge is 0.340 e. The van der Waals surface area contributed by atoms with Gasteiger partial charge in [0.15, 0.2) is 0 Å². The molecule has 0 atom stereocenters. The van der Waals surface area contributed by atoms with Crippen molar-refractivity contribution in [2.24, 2.45) is 0 Å². The summed E-state index contributed by atoms with van der Waals surface area (Å²) in [6.07, 6.45) is 6.70. The lowest BCUT2D eigenvalue weighted by molar-refractivity contribution is 0.0601. The quantitative estimate of drug-likeness (QED) is 0.548. The summed E-state index contributed by atoms with van der Waals surface area (Å²) in [4.78, 5) is 28.0. The molecule has 0 aliphatic carbocycles. The van der Waals surface area contributed by atoms with E-state index in [1.54, 1.807) is 18.6 Å². The van der Waals surface area contributed by atoms with Gasteiger partial charge in [0, 0.05) is 38.3 Å². The van der Waals surface area contributed by atoms with E-state index in [4.69, 9.17) is 19.2 Å². The van der Waals surface area contributed by atoms with Crippen LogP contribution >= 0.6 is 0 Å². The number of benzene rings is 1. The monoisotopic (exact) mass is 446 g/mol. The van der Waals surface area contributed by atoms with E-state index in [9.17, 15) is 4.79 Å². The zero-order valence-electron chi connectivity index (χ0n) is 18.8. The molecule has 3 aromatic rings. The molecule has 2 aromatic heterocycles. The first-order valence-corrected chi connectivity index (χ1v) is 11.1. The fourth-order valence-corrected chi connectivity index (χ4v) is 4.41. The van der Waals surface area contributed by atoms with Gasteiger partial charge in [0.25, 0.3) is 0 Å². The van der Waals surface area contributed by atoms with Crippen molar-refractivity contribution in [1.29, 1.82) is 0 Å². The molecule has 5 rings (SSSR count). The van der Waals surface area contributed by atoms with Crippen molar-refractivity contribution in [3.8, 4) is 17.1 Å². The fourth-order valence-electron chi connectivity index (χ4n) is 4.41. The van der Waals surface area contributed by atoms with Gasteiger partial charge >= 0.3 is 5.97 Å². The highest BCUT2D eigenvalue weighted by Gasteiger charge is 2.26. The molecule has 8 nitrogen and oxygen atoms in total. The van der Waals surface area contributed by atoms with E-state index in [-0.39, 0.29) is 6.10 Å². The van der Waals surface area contributed by atoms with E-state index in [1.807, 2.05) is 19.1 Å². The van der Waals surface area contributed by atoms with Crippen LogP contribution in [0.3, 0.4) is 0 Å². The average molecular weight is 447 g/mol. The third-order valence-corrected chi connectivity index (χ3v) is 6.13. The van der Waals surface area contributed by atoms with E-state index >= 15 is 0 Å². The Morgan fingerprint density at radius 2 is 1.94 bits per heavy atom. The van der Waals surface area contributed by atoms with Gasteiger partial charge < -0.3 is 19.1 Å². The van der Waals surface area contributed by atoms with E-state index < -0.39 is 5.97 Å². The Balaban J connectivity index is 1.33. The number of carbonyl (C=O) groups is 1. The number of hydrogen-bond acceptors (Lipinski definition) is 8. The van der Waals surface area contributed by atoms with Crippen LogP contribution in [0.5, 0.6) is 5.75 Å². The second kappa shape index (κ2) is 9.15. The lowest BCUT2D eigenvalue weighted by atomic mass is 10.0. The molecule has 170 valence electrons. The van der Waals surface area contributed by atoms with Gasteiger partial charge in [-0.3, -0.25) is 9.97 Å². The van der Waals surface area contributed by atoms with Crippen LogP contribution in [0.25, 0.3) is 11.4 Å². The largest absolute Gasteiger partial charge is 0.490 e. The Bertz CT molecular complexity index is 1160. The normalized spacial score (nSPS) is 15.9. The highest BCUT2D eigenvalue weighted by Crippen LogP contribution is 2.31. The van der Waals surface area contributed by atoms with Crippen LogP contribution in [-0.2, 0) is 22.7 Å². The number of aryl methyl sites for hydroxylation is 1. The molecule has 1 aromatic carbocycles. The Morgan fingerprint density at radius 1 is 1.12 bits per heavy atom. The molecular weight excluding hydrogens is 420 g/mol. The summed E-state index contributed by atoms with van der Waals surface area (Å²) in [6, 6.07) is 8.05. The first-order chi connectivity index (χ1) is 16.1. The summed E-state index contributed by atoms with van der Waals surface area (Å²) in [5.74, 6) is 1.31. The molecule has 1 fully saturated rings. The second-order valence-corrected chi connectivity index (χ2v) is 8.33. The lowest BCUT2D eigenvalue weighted by Crippen LogP contribution is -2.39. The van der Waals surface area contributed by atoms with Crippen LogP contribution < -0.4 is 9.64 Å². The first kappa shape index (κ1) is 21.3. The number of ether oxygens (including phenoxy) is 3. The van der Waals surface area contributed by atoms with Gasteiger partial charge in [-0.1, -0.05) is 6.07 Å². The molecule has 0 bridgehead atoms. The molecular formula is C25H26N4O4. The number of hydrogen-bond donors (Lipinski definition) is 0. The highest BCUT2D eigenvalue weighted by atomic mass is 16.5. The predicted octanol–water partition coefficient (Wildman–Crippen LogP) is 3.71. The maximum atomic E-state index is 12.4. The number of piperidine rings is 1. The third-order valence-electron chi connectivity index (χ3n) is 6.13. The average Bonchev–Trinajstić information content (AvgIpc) is 3.32. The molecule has 0 unspecified atom stereocenters. The van der Waals surface area contributed by atoms with Crippen molar-refractivity contribution < 1.29 is 19.0 Å². The van der Waals surface area contributed by atoms with E-state index in [2.05, 4.69) is 27.0 Å². The Labute approximate surface area is 192 Å². The lowest BCUT2D eigenvalue weighted by Gasteiger charge is -2.34. The molecule has 0 N–H and O–H groups in total. The molecule has 8 heteroatoms. The van der Waals surface area contributed by atoms with Gasteiger partial charge in [-0.05, 0) is 41.8 Å². The van der Waals surface area contributed by atoms with Gasteiger partial charge in [0.05, 0.1) is 32.1 Å². The zero-order chi connectivity index (χ0) is 22.8. The zero-order valence-corrected chi connectivity index (χ0v) is 18.8. The molecule has 2 aliphatic heterocycles. The number of esters is 1. The van der Waals surface area contributed by atoms with Crippen LogP contribution in [0, 0.1) is 6.92 Å². The minimum Gasteiger partial charge on any atom is -0.490 e. The molecule has 0 amide bonds. The molecule has 0 radical (unpaired) electrons. The predicted molar refractivity (Wildman–Crippen MR) is 122 cm³/mol. The second-order valence-electron chi connectivity index (χ2n) is 8.33. The molecule has 0 spiro atoms. The topological polar surface area (TPSA) is 86.7 Å². The number of methoxy groups -OCH3 is 1. The summed E-state index contributed by atoms with van der Waals surface area (Å²) in [7, 11) is 1.37. The molecule has 0 saturated carbocycles. The Kier molecular flexibility index (Phi) is 5.92. The van der Waals surface area contributed by atoms with Gasteiger partial charge in [0.2, 0.25) is 0 Å². The van der Waals surface area contributed by atoms with E-state index in [0.29, 0.717) is 30.2 Å². The first-order valence-electron chi connectivity index (χ1n) is 11.1. The molecule has 4 heterocycles. The summed E-state index contributed by atoms with van der Waals surface area (Å²) in [5.41, 5.74) is 4.78. The standard InChI is InChI=1S/C25H26N4O4/c1-16-11-21(25(30)31-2)23(22-13-26-7-8-27-22)28-24(16)29-9-5-19(6-10-29)33-20-4-3-17-14-32-15-18(17)12-20/h3-4,7-8,11-13,19H,5-6,9-10,14-15H2,1-2H3. The van der Waals surface area contributed by atoms with Gasteiger partial charge in [-0.2, -0.15) is 0 Å². The Morgan fingerprint density at radius 3 is 2.70 bits per heavy atom. The molecule has 33 heavy (non-hydrogen) atoms. The van der Waals surface area contributed by atoms with Crippen LogP contribution in [0.2, 0.25) is 0 Å². The molecule has 1 saturated heterocycles. The summed E-state index contributed by atoms with van der Waals surface area (Å²) < 4.78 is 16.7. The van der Waals surface area contributed by atoms with Crippen molar-refractivity contribution in [1.82, 2.24) is 15.0 Å². The number of carbonyl (C=O) groups excluding carboxylic acids is 1. The van der Waals surface area contributed by atoms with E-state index in [1.165, 1.54) is 18.2 Å². The van der Waals surface area contributed by atoms with Crippen molar-refractivity contribution in [3.63, 3.8) is 0 Å². The summed E-state index contributed by atoms with van der Waals surface area (Å²) in [5, 5.41) is 0. The number of anilines is 1. The van der Waals surface area contributed by atoms with Crippen molar-refractivity contribution in [3.05, 3.63) is 65.1 Å². The maximum absolute atomic E-state index is 12.4. The summed E-state index contributed by atoms with van der Waals surface area (Å²) >= 11 is 0. The van der Waals surface area contributed by atoms with Gasteiger partial charge in [-0.25, -0.2) is 9.78 Å². The summed E-state index contributed by atoms with van der Waals surface area (Å²) in [6.45, 7) is 4.93. The minimum atomic E-state index is -0.440. The third kappa shape index (κ3) is 4.39. The number of pyridine rings is 1.